The predicted octanol–water partition coefficient (Wildman–Crippen LogP) is 5.51. The van der Waals surface area contributed by atoms with E-state index >= 15 is 0 Å². The molecule has 0 unspecified atom stereocenters. The van der Waals surface area contributed by atoms with Gasteiger partial charge in [-0.1, -0.05) is 43.3 Å². The summed E-state index contributed by atoms with van der Waals surface area (Å²) in [6, 6.07) is 23.9. The topological polar surface area (TPSA) is 107 Å². The minimum Gasteiger partial charge on any atom is -0.494 e. The fraction of sp³-hybridized carbons (Fsp3) is 0.267. The van der Waals surface area contributed by atoms with Crippen LogP contribution < -0.4 is 20.1 Å². The molecule has 2 amide bonds. The maximum Gasteiger partial charge on any atom is 0.251 e. The minimum absolute atomic E-state index is 0.136. The normalized spacial score (nSPS) is 10.7. The van der Waals surface area contributed by atoms with Crippen LogP contribution in [0.5, 0.6) is 11.5 Å². The van der Waals surface area contributed by atoms with Gasteiger partial charge in [-0.2, -0.15) is 0 Å². The van der Waals surface area contributed by atoms with E-state index in [1.54, 1.807) is 36.4 Å². The van der Waals surface area contributed by atoms with Crippen LogP contribution in [0, 0.1) is 0 Å². The zero-order valence-electron chi connectivity index (χ0n) is 22.6. The summed E-state index contributed by atoms with van der Waals surface area (Å²) in [5.74, 6) is 1.77. The Kier molecular flexibility index (Phi) is 10.6. The Hall–Kier alpha value is -4.31. The maximum absolute atomic E-state index is 12.8. The molecule has 1 heterocycles. The number of carbonyl (C=O) groups excluding carboxylic acids is 2. The van der Waals surface area contributed by atoms with Crippen LogP contribution >= 0.6 is 11.8 Å². The van der Waals surface area contributed by atoms with Crippen molar-refractivity contribution in [3.05, 3.63) is 90.3 Å². The van der Waals surface area contributed by atoms with E-state index in [1.807, 2.05) is 54.0 Å². The van der Waals surface area contributed by atoms with Crippen molar-refractivity contribution >= 4 is 29.3 Å². The first-order valence-corrected chi connectivity index (χ1v) is 14.2. The molecule has 40 heavy (non-hydrogen) atoms. The van der Waals surface area contributed by atoms with Crippen molar-refractivity contribution in [1.29, 1.82) is 0 Å². The second kappa shape index (κ2) is 14.7. The Balaban J connectivity index is 1.39. The maximum atomic E-state index is 12.8. The number of rotatable bonds is 14. The summed E-state index contributed by atoms with van der Waals surface area (Å²) in [6.45, 7) is 5.43. The van der Waals surface area contributed by atoms with Crippen LogP contribution in [-0.2, 0) is 11.3 Å². The SMILES string of the molecule is CCCCOc1ccc(C(=O)NCc2nnc(SCC(=O)Nc3ccc(OCC)cc3)n2-c2ccccc2)cc1. The number of nitrogens with zero attached hydrogens (tertiary/aromatic N) is 3. The summed E-state index contributed by atoms with van der Waals surface area (Å²) in [4.78, 5) is 25.4. The third kappa shape index (κ3) is 8.09. The fourth-order valence-electron chi connectivity index (χ4n) is 3.77. The highest BCUT2D eigenvalue weighted by Gasteiger charge is 2.17. The number of para-hydroxylation sites is 1. The lowest BCUT2D eigenvalue weighted by atomic mass is 10.2. The molecule has 0 saturated carbocycles. The molecule has 0 aliphatic heterocycles. The Morgan fingerprint density at radius 3 is 2.27 bits per heavy atom. The first-order chi connectivity index (χ1) is 19.6. The summed E-state index contributed by atoms with van der Waals surface area (Å²) in [5, 5.41) is 15.0. The van der Waals surface area contributed by atoms with Crippen molar-refractivity contribution in [2.75, 3.05) is 24.3 Å². The highest BCUT2D eigenvalue weighted by molar-refractivity contribution is 7.99. The highest BCUT2D eigenvalue weighted by atomic mass is 32.2. The predicted molar refractivity (Wildman–Crippen MR) is 156 cm³/mol. The lowest BCUT2D eigenvalue weighted by Crippen LogP contribution is -2.24. The highest BCUT2D eigenvalue weighted by Crippen LogP contribution is 2.23. The number of nitrogens with one attached hydrogen (secondary N) is 2. The second-order valence-electron chi connectivity index (χ2n) is 8.77. The molecule has 0 aliphatic carbocycles. The Morgan fingerprint density at radius 1 is 0.875 bits per heavy atom. The lowest BCUT2D eigenvalue weighted by molar-refractivity contribution is -0.113. The van der Waals surface area contributed by atoms with Crippen LogP contribution in [0.3, 0.4) is 0 Å². The van der Waals surface area contributed by atoms with E-state index in [-0.39, 0.29) is 24.1 Å². The zero-order valence-corrected chi connectivity index (χ0v) is 23.4. The van der Waals surface area contributed by atoms with Gasteiger partial charge in [-0.05, 0) is 74.0 Å². The first kappa shape index (κ1) is 28.7. The molecule has 0 fully saturated rings. The summed E-state index contributed by atoms with van der Waals surface area (Å²) in [7, 11) is 0. The average molecular weight is 560 g/mol. The van der Waals surface area contributed by atoms with E-state index in [1.165, 1.54) is 11.8 Å². The summed E-state index contributed by atoms with van der Waals surface area (Å²) in [5.41, 5.74) is 2.04. The summed E-state index contributed by atoms with van der Waals surface area (Å²) in [6.07, 6.45) is 2.04. The molecule has 0 saturated heterocycles. The van der Waals surface area contributed by atoms with Crippen molar-refractivity contribution in [2.45, 2.75) is 38.4 Å². The van der Waals surface area contributed by atoms with Crippen molar-refractivity contribution in [3.63, 3.8) is 0 Å². The molecule has 2 N–H and O–H groups in total. The first-order valence-electron chi connectivity index (χ1n) is 13.2. The molecular formula is C30H33N5O4S. The monoisotopic (exact) mass is 559 g/mol. The number of ether oxygens (including phenoxy) is 2. The van der Waals surface area contributed by atoms with Crippen LogP contribution in [-0.4, -0.2) is 45.5 Å². The lowest BCUT2D eigenvalue weighted by Gasteiger charge is -2.11. The molecule has 0 bridgehead atoms. The number of benzene rings is 3. The van der Waals surface area contributed by atoms with Crippen LogP contribution in [0.15, 0.2) is 84.0 Å². The molecular weight excluding hydrogens is 526 g/mol. The molecule has 0 radical (unpaired) electrons. The third-order valence-electron chi connectivity index (χ3n) is 5.79. The summed E-state index contributed by atoms with van der Waals surface area (Å²) < 4.78 is 13.0. The number of amides is 2. The standard InChI is InChI=1S/C30H33N5O4S/c1-3-5-19-39-26-15-11-22(12-16-26)29(37)31-20-27-33-34-30(35(27)24-9-7-6-8-10-24)40-21-28(36)32-23-13-17-25(18-14-23)38-4-2/h6-18H,3-5,19-21H2,1-2H3,(H,31,37)(H,32,36). The molecule has 208 valence electrons. The van der Waals surface area contributed by atoms with Crippen molar-refractivity contribution < 1.29 is 19.1 Å². The number of carbonyl (C=O) groups is 2. The van der Waals surface area contributed by atoms with Gasteiger partial charge >= 0.3 is 0 Å². The second-order valence-corrected chi connectivity index (χ2v) is 9.72. The molecule has 4 rings (SSSR count). The number of hydrogen-bond acceptors (Lipinski definition) is 7. The molecule has 0 aliphatic rings. The van der Waals surface area contributed by atoms with E-state index in [0.717, 1.165) is 30.0 Å². The van der Waals surface area contributed by atoms with Crippen molar-refractivity contribution in [2.24, 2.45) is 0 Å². The Labute approximate surface area is 238 Å². The van der Waals surface area contributed by atoms with Gasteiger partial charge in [0.25, 0.3) is 5.91 Å². The van der Waals surface area contributed by atoms with Crippen molar-refractivity contribution in [3.8, 4) is 17.2 Å². The summed E-state index contributed by atoms with van der Waals surface area (Å²) >= 11 is 1.27. The van der Waals surface area contributed by atoms with E-state index in [4.69, 9.17) is 9.47 Å². The Morgan fingerprint density at radius 2 is 1.57 bits per heavy atom. The number of anilines is 1. The van der Waals surface area contributed by atoms with E-state index in [2.05, 4.69) is 27.8 Å². The van der Waals surface area contributed by atoms with E-state index in [9.17, 15) is 9.59 Å². The molecule has 10 heteroatoms. The minimum atomic E-state index is -0.230. The third-order valence-corrected chi connectivity index (χ3v) is 6.72. The van der Waals surface area contributed by atoms with Gasteiger partial charge in [-0.25, -0.2) is 0 Å². The number of thioether (sulfide) groups is 1. The van der Waals surface area contributed by atoms with Gasteiger partial charge in [-0.15, -0.1) is 10.2 Å². The largest absolute Gasteiger partial charge is 0.494 e. The number of unbranched alkanes of at least 4 members (excludes halogenated alkanes) is 1. The van der Waals surface area contributed by atoms with Gasteiger partial charge in [0.2, 0.25) is 5.91 Å². The van der Waals surface area contributed by atoms with Gasteiger partial charge in [0.05, 0.1) is 25.5 Å². The molecule has 3 aromatic carbocycles. The zero-order chi connectivity index (χ0) is 28.2. The molecule has 0 atom stereocenters. The Bertz CT molecular complexity index is 1380. The fourth-order valence-corrected chi connectivity index (χ4v) is 4.54. The molecule has 0 spiro atoms. The van der Waals surface area contributed by atoms with Gasteiger partial charge in [0, 0.05) is 16.9 Å². The van der Waals surface area contributed by atoms with Gasteiger partial charge < -0.3 is 20.1 Å². The number of hydrogen-bond donors (Lipinski definition) is 2. The van der Waals surface area contributed by atoms with Gasteiger partial charge in [0.15, 0.2) is 11.0 Å². The molecule has 9 nitrogen and oxygen atoms in total. The van der Waals surface area contributed by atoms with Crippen LogP contribution in [0.25, 0.3) is 5.69 Å². The average Bonchev–Trinajstić information content (AvgIpc) is 3.39. The van der Waals surface area contributed by atoms with E-state index in [0.29, 0.717) is 35.4 Å². The van der Waals surface area contributed by atoms with Crippen molar-refractivity contribution in [1.82, 2.24) is 20.1 Å². The van der Waals surface area contributed by atoms with Crippen LogP contribution in [0.2, 0.25) is 0 Å². The smallest absolute Gasteiger partial charge is 0.251 e. The molecule has 4 aromatic rings. The van der Waals surface area contributed by atoms with E-state index < -0.39 is 0 Å². The number of aromatic nitrogens is 3. The molecule has 1 aromatic heterocycles. The van der Waals surface area contributed by atoms with Gasteiger partial charge in [-0.3, -0.25) is 14.2 Å². The van der Waals surface area contributed by atoms with Gasteiger partial charge in [0.1, 0.15) is 11.5 Å². The van der Waals surface area contributed by atoms with Crippen LogP contribution in [0.1, 0.15) is 42.9 Å². The quantitative estimate of drug-likeness (QED) is 0.155. The van der Waals surface area contributed by atoms with Crippen LogP contribution in [0.4, 0.5) is 5.69 Å².